The molecule has 0 saturated heterocycles. The Morgan fingerprint density at radius 1 is 1.50 bits per heavy atom. The number of carbonyl (C=O) groups is 1. The lowest BCUT2D eigenvalue weighted by atomic mass is 9.83. The van der Waals surface area contributed by atoms with E-state index in [9.17, 15) is 9.90 Å². The van der Waals surface area contributed by atoms with E-state index in [0.717, 1.165) is 5.69 Å². The first-order valence-corrected chi connectivity index (χ1v) is 7.38. The molecule has 7 heteroatoms. The number of hydrogen-bond donors (Lipinski definition) is 2. The topological polar surface area (TPSA) is 92.9 Å². The molecule has 1 amide bonds. The van der Waals surface area contributed by atoms with E-state index in [4.69, 9.17) is 0 Å². The summed E-state index contributed by atoms with van der Waals surface area (Å²) < 4.78 is 1.70. The highest BCUT2D eigenvalue weighted by Crippen LogP contribution is 2.32. The number of aliphatic hydroxyl groups excluding tert-OH is 1. The molecule has 0 radical (unpaired) electrons. The van der Waals surface area contributed by atoms with Gasteiger partial charge in [-0.2, -0.15) is 5.10 Å². The van der Waals surface area contributed by atoms with Crippen molar-refractivity contribution >= 4 is 5.91 Å². The van der Waals surface area contributed by atoms with Gasteiger partial charge in [0.25, 0.3) is 0 Å². The van der Waals surface area contributed by atoms with Crippen LogP contribution in [-0.4, -0.2) is 42.9 Å². The second-order valence-corrected chi connectivity index (χ2v) is 5.55. The summed E-state index contributed by atoms with van der Waals surface area (Å²) in [5.41, 5.74) is 0.861. The van der Waals surface area contributed by atoms with Gasteiger partial charge in [-0.3, -0.25) is 9.48 Å². The molecule has 2 aromatic rings. The van der Waals surface area contributed by atoms with Crippen molar-refractivity contribution in [1.82, 2.24) is 25.1 Å². The largest absolute Gasteiger partial charge is 0.391 e. The molecular weight excluding hydrogens is 282 g/mol. The van der Waals surface area contributed by atoms with E-state index in [2.05, 4.69) is 20.4 Å². The second kappa shape index (κ2) is 6.23. The van der Waals surface area contributed by atoms with Gasteiger partial charge in [-0.15, -0.1) is 0 Å². The van der Waals surface area contributed by atoms with Crippen molar-refractivity contribution in [2.75, 3.05) is 0 Å². The van der Waals surface area contributed by atoms with Gasteiger partial charge in [0.1, 0.15) is 5.82 Å². The number of rotatable bonds is 5. The standard InChI is InChI=1S/C15H19N5O2/c1-10-16-7-5-11(18-10)3-4-14(22)19-12-9-13(21)15(12)20-8-2-6-17-20/h2,5-8,12-13,15,21H,3-4,9H2,1H3,(H,19,22)/t12-,13+,15+/m0/s1. The third-order valence-corrected chi connectivity index (χ3v) is 3.92. The van der Waals surface area contributed by atoms with Gasteiger partial charge in [0, 0.05) is 30.7 Å². The van der Waals surface area contributed by atoms with Crippen LogP contribution in [-0.2, 0) is 11.2 Å². The zero-order valence-corrected chi connectivity index (χ0v) is 12.4. The summed E-state index contributed by atoms with van der Waals surface area (Å²) in [6.07, 6.45) is 6.21. The lowest BCUT2D eigenvalue weighted by Crippen LogP contribution is -2.56. The van der Waals surface area contributed by atoms with E-state index in [-0.39, 0.29) is 18.0 Å². The van der Waals surface area contributed by atoms with Crippen molar-refractivity contribution in [3.63, 3.8) is 0 Å². The maximum atomic E-state index is 12.1. The minimum Gasteiger partial charge on any atom is -0.391 e. The maximum absolute atomic E-state index is 12.1. The van der Waals surface area contributed by atoms with Crippen LogP contribution in [0, 0.1) is 6.92 Å². The van der Waals surface area contributed by atoms with Crippen molar-refractivity contribution < 1.29 is 9.90 Å². The number of hydrogen-bond acceptors (Lipinski definition) is 5. The van der Waals surface area contributed by atoms with Gasteiger partial charge in [-0.05, 0) is 31.9 Å². The highest BCUT2D eigenvalue weighted by atomic mass is 16.3. The summed E-state index contributed by atoms with van der Waals surface area (Å²) in [5, 5.41) is 17.0. The number of nitrogens with zero attached hydrogens (tertiary/aromatic N) is 4. The fourth-order valence-corrected chi connectivity index (χ4v) is 2.74. The van der Waals surface area contributed by atoms with Crippen molar-refractivity contribution in [1.29, 1.82) is 0 Å². The molecule has 22 heavy (non-hydrogen) atoms. The lowest BCUT2D eigenvalue weighted by Gasteiger charge is -2.41. The lowest BCUT2D eigenvalue weighted by molar-refractivity contribution is -0.124. The zero-order chi connectivity index (χ0) is 15.5. The third kappa shape index (κ3) is 3.14. The number of carbonyl (C=O) groups excluding carboxylic acids is 1. The molecule has 1 fully saturated rings. The fourth-order valence-electron chi connectivity index (χ4n) is 2.74. The monoisotopic (exact) mass is 301 g/mol. The average Bonchev–Trinajstić information content (AvgIpc) is 2.98. The molecule has 2 aromatic heterocycles. The number of aliphatic hydroxyl groups is 1. The van der Waals surface area contributed by atoms with Crippen LogP contribution in [0.15, 0.2) is 30.7 Å². The minimum atomic E-state index is -0.463. The molecule has 0 bridgehead atoms. The van der Waals surface area contributed by atoms with Gasteiger partial charge >= 0.3 is 0 Å². The molecule has 0 unspecified atom stereocenters. The van der Waals surface area contributed by atoms with E-state index < -0.39 is 6.10 Å². The van der Waals surface area contributed by atoms with Crippen LogP contribution in [0.2, 0.25) is 0 Å². The number of aromatic nitrogens is 4. The van der Waals surface area contributed by atoms with Gasteiger partial charge in [-0.1, -0.05) is 0 Å². The molecule has 3 rings (SSSR count). The number of nitrogens with one attached hydrogen (secondary N) is 1. The molecule has 0 spiro atoms. The van der Waals surface area contributed by atoms with Crippen molar-refractivity contribution in [2.24, 2.45) is 0 Å². The first-order chi connectivity index (χ1) is 10.6. The summed E-state index contributed by atoms with van der Waals surface area (Å²) in [6, 6.07) is 3.37. The average molecular weight is 301 g/mol. The van der Waals surface area contributed by atoms with Gasteiger partial charge in [0.15, 0.2) is 0 Å². The molecule has 116 valence electrons. The molecule has 2 heterocycles. The highest BCUT2D eigenvalue weighted by Gasteiger charge is 2.42. The van der Waals surface area contributed by atoms with Gasteiger partial charge in [0.05, 0.1) is 18.2 Å². The van der Waals surface area contributed by atoms with E-state index in [1.165, 1.54) is 0 Å². The predicted molar refractivity (Wildman–Crippen MR) is 78.9 cm³/mol. The molecule has 0 aromatic carbocycles. The molecular formula is C15H19N5O2. The third-order valence-electron chi connectivity index (χ3n) is 3.92. The molecule has 0 aliphatic heterocycles. The van der Waals surface area contributed by atoms with Crippen LogP contribution < -0.4 is 5.32 Å². The van der Waals surface area contributed by atoms with E-state index in [1.807, 2.05) is 13.0 Å². The first-order valence-electron chi connectivity index (χ1n) is 7.38. The van der Waals surface area contributed by atoms with E-state index >= 15 is 0 Å². The Balaban J connectivity index is 1.52. The molecule has 1 saturated carbocycles. The van der Waals surface area contributed by atoms with E-state index in [0.29, 0.717) is 25.1 Å². The Bertz CT molecular complexity index is 643. The minimum absolute atomic E-state index is 0.0367. The first kappa shape index (κ1) is 14.6. The summed E-state index contributed by atoms with van der Waals surface area (Å²) in [7, 11) is 0. The molecule has 2 N–H and O–H groups in total. The molecule has 3 atom stereocenters. The molecule has 7 nitrogen and oxygen atoms in total. The SMILES string of the molecule is Cc1nccc(CCC(=O)N[C@H]2C[C@@H](O)[C@@H]2n2cccn2)n1. The number of aryl methyl sites for hydroxylation is 2. The van der Waals surface area contributed by atoms with Gasteiger partial charge in [-0.25, -0.2) is 9.97 Å². The molecule has 1 aliphatic rings. The van der Waals surface area contributed by atoms with Crippen molar-refractivity contribution in [2.45, 2.75) is 44.4 Å². The van der Waals surface area contributed by atoms with Crippen molar-refractivity contribution in [3.05, 3.63) is 42.2 Å². The quantitative estimate of drug-likeness (QED) is 0.834. The Labute approximate surface area is 128 Å². The summed E-state index contributed by atoms with van der Waals surface area (Å²) in [4.78, 5) is 20.4. The highest BCUT2D eigenvalue weighted by molar-refractivity contribution is 5.76. The van der Waals surface area contributed by atoms with Crippen molar-refractivity contribution in [3.8, 4) is 0 Å². The van der Waals surface area contributed by atoms with Crippen LogP contribution >= 0.6 is 0 Å². The van der Waals surface area contributed by atoms with Crippen LogP contribution in [0.3, 0.4) is 0 Å². The Kier molecular flexibility index (Phi) is 4.15. The summed E-state index contributed by atoms with van der Waals surface area (Å²) in [6.45, 7) is 1.83. The zero-order valence-electron chi connectivity index (χ0n) is 12.4. The summed E-state index contributed by atoms with van der Waals surface area (Å²) in [5.74, 6) is 0.670. The van der Waals surface area contributed by atoms with E-state index in [1.54, 1.807) is 29.3 Å². The molecule has 1 aliphatic carbocycles. The maximum Gasteiger partial charge on any atom is 0.220 e. The Hall–Kier alpha value is -2.28. The predicted octanol–water partition coefficient (Wildman–Crippen LogP) is 0.405. The Morgan fingerprint density at radius 2 is 2.36 bits per heavy atom. The second-order valence-electron chi connectivity index (χ2n) is 5.55. The Morgan fingerprint density at radius 3 is 3.05 bits per heavy atom. The number of amides is 1. The normalized spacial score (nSPS) is 23.8. The van der Waals surface area contributed by atoms with Crippen LogP contribution in [0.25, 0.3) is 0 Å². The van der Waals surface area contributed by atoms with Crippen LogP contribution in [0.1, 0.15) is 30.4 Å². The van der Waals surface area contributed by atoms with Gasteiger partial charge < -0.3 is 10.4 Å². The smallest absolute Gasteiger partial charge is 0.220 e. The fraction of sp³-hybridized carbons (Fsp3) is 0.467. The van der Waals surface area contributed by atoms with Crippen LogP contribution in [0.5, 0.6) is 0 Å². The summed E-state index contributed by atoms with van der Waals surface area (Å²) >= 11 is 0. The van der Waals surface area contributed by atoms with Gasteiger partial charge in [0.2, 0.25) is 5.91 Å². The van der Waals surface area contributed by atoms with Crippen LogP contribution in [0.4, 0.5) is 0 Å².